The predicted molar refractivity (Wildman–Crippen MR) is 115 cm³/mol. The van der Waals surface area contributed by atoms with Gasteiger partial charge in [-0.2, -0.15) is 5.10 Å². The summed E-state index contributed by atoms with van der Waals surface area (Å²) < 4.78 is 0. The van der Waals surface area contributed by atoms with Gasteiger partial charge in [-0.05, 0) is 63.4 Å². The van der Waals surface area contributed by atoms with Gasteiger partial charge in [-0.25, -0.2) is 0 Å². The zero-order valence-electron chi connectivity index (χ0n) is 17.2. The molecule has 3 aromatic rings. The molecule has 2 heterocycles. The van der Waals surface area contributed by atoms with Gasteiger partial charge in [0.05, 0.1) is 17.3 Å². The second kappa shape index (κ2) is 6.74. The van der Waals surface area contributed by atoms with Crippen LogP contribution in [0.4, 0.5) is 11.5 Å². The van der Waals surface area contributed by atoms with E-state index in [2.05, 4.69) is 77.6 Å². The Bertz CT molecular complexity index is 1040. The SMILES string of the molecule is Cc1cccc([C@@H](C)Nc2nnc(C)c3ccc(N4CC(C)(O)C4)cc23)c1C. The molecule has 5 nitrogen and oxygen atoms in total. The van der Waals surface area contributed by atoms with Crippen LogP contribution in [0.1, 0.15) is 42.3 Å². The fraction of sp³-hybridized carbons (Fsp3) is 0.391. The Morgan fingerprint density at radius 1 is 1.07 bits per heavy atom. The summed E-state index contributed by atoms with van der Waals surface area (Å²) in [6.07, 6.45) is 0. The van der Waals surface area contributed by atoms with E-state index in [9.17, 15) is 5.11 Å². The Balaban J connectivity index is 1.70. The summed E-state index contributed by atoms with van der Waals surface area (Å²) in [5.74, 6) is 0.795. The van der Waals surface area contributed by atoms with E-state index in [0.717, 1.165) is 28.0 Å². The van der Waals surface area contributed by atoms with Gasteiger partial charge in [-0.1, -0.05) is 24.3 Å². The number of β-amino-alcohol motifs (C(OH)–C–C–N with tert-alkyl or cyclic N) is 1. The van der Waals surface area contributed by atoms with Gasteiger partial charge in [0, 0.05) is 29.5 Å². The molecule has 0 radical (unpaired) electrons. The molecule has 0 bridgehead atoms. The Kier molecular flexibility index (Phi) is 4.50. The molecule has 2 N–H and O–H groups in total. The van der Waals surface area contributed by atoms with Crippen LogP contribution < -0.4 is 10.2 Å². The van der Waals surface area contributed by atoms with Crippen LogP contribution in [0.3, 0.4) is 0 Å². The van der Waals surface area contributed by atoms with Crippen LogP contribution in [0.2, 0.25) is 0 Å². The van der Waals surface area contributed by atoms with Crippen molar-refractivity contribution >= 4 is 22.3 Å². The minimum absolute atomic E-state index is 0.119. The van der Waals surface area contributed by atoms with Crippen molar-refractivity contribution < 1.29 is 5.11 Å². The summed E-state index contributed by atoms with van der Waals surface area (Å²) >= 11 is 0. The minimum atomic E-state index is -0.598. The number of nitrogens with zero attached hydrogens (tertiary/aromatic N) is 3. The largest absolute Gasteiger partial charge is 0.386 e. The van der Waals surface area contributed by atoms with Gasteiger partial charge in [0.2, 0.25) is 0 Å². The fourth-order valence-corrected chi connectivity index (χ4v) is 4.06. The standard InChI is InChI=1S/C23H28N4O/c1-14-7-6-8-19(15(14)2)16(3)24-22-21-11-18(27-12-23(5,28)13-27)9-10-20(21)17(4)25-26-22/h6-11,16,28H,12-13H2,1-5H3,(H,24,26)/t16-/m1/s1. The van der Waals surface area contributed by atoms with E-state index >= 15 is 0 Å². The molecule has 4 rings (SSSR count). The van der Waals surface area contributed by atoms with E-state index < -0.39 is 5.60 Å². The molecule has 0 unspecified atom stereocenters. The summed E-state index contributed by atoms with van der Waals surface area (Å²) in [5, 5.41) is 24.6. The van der Waals surface area contributed by atoms with Gasteiger partial charge >= 0.3 is 0 Å². The van der Waals surface area contributed by atoms with E-state index in [1.54, 1.807) is 0 Å². The maximum absolute atomic E-state index is 10.1. The topological polar surface area (TPSA) is 61.3 Å². The predicted octanol–water partition coefficient (Wildman–Crippen LogP) is 4.30. The van der Waals surface area contributed by atoms with Crippen LogP contribution in [0.15, 0.2) is 36.4 Å². The van der Waals surface area contributed by atoms with Crippen LogP contribution in [-0.4, -0.2) is 34.0 Å². The summed E-state index contributed by atoms with van der Waals surface area (Å²) in [6.45, 7) is 11.6. The summed E-state index contributed by atoms with van der Waals surface area (Å²) in [7, 11) is 0. The molecule has 28 heavy (non-hydrogen) atoms. The van der Waals surface area contributed by atoms with Crippen LogP contribution >= 0.6 is 0 Å². The van der Waals surface area contributed by atoms with E-state index in [4.69, 9.17) is 0 Å². The van der Waals surface area contributed by atoms with E-state index in [-0.39, 0.29) is 6.04 Å². The minimum Gasteiger partial charge on any atom is -0.386 e. The van der Waals surface area contributed by atoms with Gasteiger partial charge < -0.3 is 15.3 Å². The van der Waals surface area contributed by atoms with Crippen LogP contribution in [0.5, 0.6) is 0 Å². The maximum Gasteiger partial charge on any atom is 0.157 e. The summed E-state index contributed by atoms with van der Waals surface area (Å²) in [6, 6.07) is 12.9. The lowest BCUT2D eigenvalue weighted by molar-refractivity contribution is 0.0310. The highest BCUT2D eigenvalue weighted by Gasteiger charge is 2.36. The highest BCUT2D eigenvalue weighted by atomic mass is 16.3. The molecule has 2 aromatic carbocycles. The number of nitrogens with one attached hydrogen (secondary N) is 1. The van der Waals surface area contributed by atoms with Crippen molar-refractivity contribution in [2.75, 3.05) is 23.3 Å². The van der Waals surface area contributed by atoms with Crippen molar-refractivity contribution in [2.45, 2.75) is 46.3 Å². The van der Waals surface area contributed by atoms with Crippen LogP contribution in [0, 0.1) is 20.8 Å². The highest BCUT2D eigenvalue weighted by molar-refractivity contribution is 5.95. The lowest BCUT2D eigenvalue weighted by atomic mass is 9.95. The number of aromatic nitrogens is 2. The molecule has 1 fully saturated rings. The third kappa shape index (κ3) is 3.31. The van der Waals surface area contributed by atoms with Crippen molar-refractivity contribution in [3.05, 3.63) is 58.8 Å². The summed E-state index contributed by atoms with van der Waals surface area (Å²) in [5.41, 5.74) is 5.29. The molecule has 0 saturated carbocycles. The molecule has 1 atom stereocenters. The first-order valence-corrected chi connectivity index (χ1v) is 9.82. The van der Waals surface area contributed by atoms with Gasteiger partial charge in [0.1, 0.15) is 0 Å². The Morgan fingerprint density at radius 2 is 1.82 bits per heavy atom. The second-order valence-electron chi connectivity index (χ2n) is 8.37. The third-order valence-electron chi connectivity index (χ3n) is 5.84. The molecule has 0 spiro atoms. The normalized spacial score (nSPS) is 16.7. The maximum atomic E-state index is 10.1. The lowest BCUT2D eigenvalue weighted by Crippen LogP contribution is -2.60. The average Bonchev–Trinajstić information content (AvgIpc) is 2.64. The Morgan fingerprint density at radius 3 is 2.54 bits per heavy atom. The first-order chi connectivity index (χ1) is 13.2. The average molecular weight is 377 g/mol. The number of hydrogen-bond acceptors (Lipinski definition) is 5. The number of aryl methyl sites for hydroxylation is 2. The quantitative estimate of drug-likeness (QED) is 0.711. The van der Waals surface area contributed by atoms with Crippen molar-refractivity contribution in [2.24, 2.45) is 0 Å². The Labute approximate surface area is 166 Å². The molecule has 5 heteroatoms. The number of anilines is 2. The van der Waals surface area contributed by atoms with Crippen molar-refractivity contribution in [3.8, 4) is 0 Å². The lowest BCUT2D eigenvalue weighted by Gasteiger charge is -2.45. The number of rotatable bonds is 4. The van der Waals surface area contributed by atoms with E-state index in [0.29, 0.717) is 13.1 Å². The molecule has 1 aromatic heterocycles. The number of aliphatic hydroxyl groups is 1. The van der Waals surface area contributed by atoms with Gasteiger partial charge in [-0.15, -0.1) is 5.10 Å². The van der Waals surface area contributed by atoms with E-state index in [1.807, 2.05) is 13.8 Å². The molecular weight excluding hydrogens is 348 g/mol. The van der Waals surface area contributed by atoms with Crippen molar-refractivity contribution in [1.82, 2.24) is 10.2 Å². The zero-order chi connectivity index (χ0) is 20.1. The molecule has 1 aliphatic rings. The summed E-state index contributed by atoms with van der Waals surface area (Å²) in [4.78, 5) is 2.19. The smallest absolute Gasteiger partial charge is 0.157 e. The fourth-order valence-electron chi connectivity index (χ4n) is 4.06. The molecule has 146 valence electrons. The molecule has 0 aliphatic carbocycles. The molecule has 1 saturated heterocycles. The number of benzene rings is 2. The van der Waals surface area contributed by atoms with Crippen molar-refractivity contribution in [1.29, 1.82) is 0 Å². The molecular formula is C23H28N4O. The van der Waals surface area contributed by atoms with Crippen molar-refractivity contribution in [3.63, 3.8) is 0 Å². The number of hydrogen-bond donors (Lipinski definition) is 2. The van der Waals surface area contributed by atoms with Crippen LogP contribution in [-0.2, 0) is 0 Å². The molecule has 0 amide bonds. The highest BCUT2D eigenvalue weighted by Crippen LogP contribution is 2.34. The van der Waals surface area contributed by atoms with Gasteiger partial charge in [-0.3, -0.25) is 0 Å². The molecule has 1 aliphatic heterocycles. The zero-order valence-corrected chi connectivity index (χ0v) is 17.2. The van der Waals surface area contributed by atoms with E-state index in [1.165, 1.54) is 16.7 Å². The monoisotopic (exact) mass is 376 g/mol. The third-order valence-corrected chi connectivity index (χ3v) is 5.84. The Hall–Kier alpha value is -2.66. The second-order valence-corrected chi connectivity index (χ2v) is 8.37. The van der Waals surface area contributed by atoms with Gasteiger partial charge in [0.25, 0.3) is 0 Å². The first-order valence-electron chi connectivity index (χ1n) is 9.82. The van der Waals surface area contributed by atoms with Gasteiger partial charge in [0.15, 0.2) is 5.82 Å². The van der Waals surface area contributed by atoms with Crippen LogP contribution in [0.25, 0.3) is 10.8 Å². The first kappa shape index (κ1) is 18.7. The number of fused-ring (bicyclic) bond motifs is 1.